The highest BCUT2D eigenvalue weighted by molar-refractivity contribution is 5.92. The summed E-state index contributed by atoms with van der Waals surface area (Å²) in [4.78, 5) is 17.2. The van der Waals surface area contributed by atoms with Crippen LogP contribution in [-0.2, 0) is 4.79 Å². The van der Waals surface area contributed by atoms with Gasteiger partial charge in [-0.2, -0.15) is 0 Å². The molecule has 138 valence electrons. The Morgan fingerprint density at radius 3 is 2.27 bits per heavy atom. The van der Waals surface area contributed by atoms with Crippen molar-refractivity contribution >= 4 is 17.3 Å². The molecule has 1 fully saturated rings. The predicted octanol–water partition coefficient (Wildman–Crippen LogP) is 3.76. The van der Waals surface area contributed by atoms with Crippen LogP contribution in [0, 0.1) is 20.8 Å². The maximum atomic E-state index is 12.3. The van der Waals surface area contributed by atoms with E-state index in [2.05, 4.69) is 46.3 Å². The highest BCUT2D eigenvalue weighted by Gasteiger charge is 2.18. The number of amides is 1. The minimum Gasteiger partial charge on any atom is -0.369 e. The van der Waals surface area contributed by atoms with Gasteiger partial charge in [-0.25, -0.2) is 0 Å². The molecule has 0 radical (unpaired) electrons. The van der Waals surface area contributed by atoms with Gasteiger partial charge in [-0.15, -0.1) is 0 Å². The summed E-state index contributed by atoms with van der Waals surface area (Å²) >= 11 is 0. The van der Waals surface area contributed by atoms with Gasteiger partial charge in [0.25, 0.3) is 0 Å². The standard InChI is InChI=1S/C22H29N3O/c1-17-6-4-9-20(16-17)25-14-12-24(13-15-25)11-10-21(26)23-22-18(2)7-5-8-19(22)3/h4-9,16H,10-15H2,1-3H3,(H,23,26). The molecule has 2 aromatic carbocycles. The summed E-state index contributed by atoms with van der Waals surface area (Å²) < 4.78 is 0. The molecule has 1 saturated heterocycles. The van der Waals surface area contributed by atoms with E-state index >= 15 is 0 Å². The lowest BCUT2D eigenvalue weighted by Crippen LogP contribution is -2.47. The van der Waals surface area contributed by atoms with E-state index < -0.39 is 0 Å². The number of rotatable bonds is 5. The molecule has 0 aromatic heterocycles. The fourth-order valence-electron chi connectivity index (χ4n) is 3.53. The number of carbonyl (C=O) groups excluding carboxylic acids is 1. The van der Waals surface area contributed by atoms with Crippen molar-refractivity contribution < 1.29 is 4.79 Å². The first-order valence-corrected chi connectivity index (χ1v) is 9.43. The van der Waals surface area contributed by atoms with Gasteiger partial charge < -0.3 is 10.2 Å². The number of hydrogen-bond donors (Lipinski definition) is 1. The molecule has 26 heavy (non-hydrogen) atoms. The number of anilines is 2. The highest BCUT2D eigenvalue weighted by Crippen LogP contribution is 2.20. The molecule has 1 aliphatic rings. The maximum Gasteiger partial charge on any atom is 0.225 e. The van der Waals surface area contributed by atoms with Gasteiger partial charge in [0.05, 0.1) is 0 Å². The van der Waals surface area contributed by atoms with Crippen LogP contribution < -0.4 is 10.2 Å². The summed E-state index contributed by atoms with van der Waals surface area (Å²) in [5.74, 6) is 0.100. The second kappa shape index (κ2) is 8.37. The van der Waals surface area contributed by atoms with Crippen LogP contribution in [0.5, 0.6) is 0 Å². The average Bonchev–Trinajstić information content (AvgIpc) is 2.64. The molecular formula is C22H29N3O. The number of carbonyl (C=O) groups is 1. The van der Waals surface area contributed by atoms with Gasteiger partial charge in [-0.3, -0.25) is 9.69 Å². The fourth-order valence-corrected chi connectivity index (χ4v) is 3.53. The van der Waals surface area contributed by atoms with Gasteiger partial charge in [-0.05, 0) is 49.6 Å². The normalized spacial score (nSPS) is 15.1. The van der Waals surface area contributed by atoms with Crippen molar-refractivity contribution in [3.05, 3.63) is 59.2 Å². The van der Waals surface area contributed by atoms with Crippen LogP contribution in [0.4, 0.5) is 11.4 Å². The molecule has 0 saturated carbocycles. The van der Waals surface area contributed by atoms with E-state index in [0.717, 1.165) is 49.5 Å². The summed E-state index contributed by atoms with van der Waals surface area (Å²) in [7, 11) is 0. The lowest BCUT2D eigenvalue weighted by molar-refractivity contribution is -0.116. The third-order valence-electron chi connectivity index (χ3n) is 5.14. The largest absolute Gasteiger partial charge is 0.369 e. The highest BCUT2D eigenvalue weighted by atomic mass is 16.1. The van der Waals surface area contributed by atoms with E-state index in [-0.39, 0.29) is 5.91 Å². The molecule has 0 bridgehead atoms. The monoisotopic (exact) mass is 351 g/mol. The molecule has 0 atom stereocenters. The number of para-hydroxylation sites is 1. The third kappa shape index (κ3) is 4.64. The van der Waals surface area contributed by atoms with Crippen LogP contribution in [0.1, 0.15) is 23.1 Å². The van der Waals surface area contributed by atoms with Crippen molar-refractivity contribution in [2.75, 3.05) is 42.9 Å². The molecule has 1 N–H and O–H groups in total. The van der Waals surface area contributed by atoms with Crippen molar-refractivity contribution in [2.24, 2.45) is 0 Å². The van der Waals surface area contributed by atoms with Crippen LogP contribution in [0.3, 0.4) is 0 Å². The van der Waals surface area contributed by atoms with Crippen LogP contribution in [0.15, 0.2) is 42.5 Å². The predicted molar refractivity (Wildman–Crippen MR) is 109 cm³/mol. The first-order valence-electron chi connectivity index (χ1n) is 9.43. The molecular weight excluding hydrogens is 322 g/mol. The second-order valence-corrected chi connectivity index (χ2v) is 7.23. The Bertz CT molecular complexity index is 743. The van der Waals surface area contributed by atoms with Crippen LogP contribution in [0.2, 0.25) is 0 Å². The molecule has 0 spiro atoms. The molecule has 3 rings (SSSR count). The Labute approximate surface area is 156 Å². The van der Waals surface area contributed by atoms with Gasteiger partial charge >= 0.3 is 0 Å². The molecule has 4 nitrogen and oxygen atoms in total. The van der Waals surface area contributed by atoms with Crippen LogP contribution in [-0.4, -0.2) is 43.5 Å². The zero-order valence-corrected chi connectivity index (χ0v) is 16.1. The summed E-state index contributed by atoms with van der Waals surface area (Å²) in [6.45, 7) is 11.1. The first kappa shape index (κ1) is 18.5. The van der Waals surface area contributed by atoms with E-state index in [9.17, 15) is 4.79 Å². The Kier molecular flexibility index (Phi) is 5.94. The zero-order valence-electron chi connectivity index (χ0n) is 16.1. The smallest absolute Gasteiger partial charge is 0.225 e. The number of hydrogen-bond acceptors (Lipinski definition) is 3. The second-order valence-electron chi connectivity index (χ2n) is 7.23. The van der Waals surface area contributed by atoms with Crippen molar-refractivity contribution in [1.82, 2.24) is 4.90 Å². The van der Waals surface area contributed by atoms with Crippen molar-refractivity contribution in [2.45, 2.75) is 27.2 Å². The number of piperazine rings is 1. The molecule has 1 amide bonds. The zero-order chi connectivity index (χ0) is 18.5. The lowest BCUT2D eigenvalue weighted by Gasteiger charge is -2.36. The lowest BCUT2D eigenvalue weighted by atomic mass is 10.1. The topological polar surface area (TPSA) is 35.6 Å². The summed E-state index contributed by atoms with van der Waals surface area (Å²) in [5, 5.41) is 3.08. The number of benzene rings is 2. The number of aryl methyl sites for hydroxylation is 3. The van der Waals surface area contributed by atoms with E-state index in [4.69, 9.17) is 0 Å². The van der Waals surface area contributed by atoms with Crippen molar-refractivity contribution in [1.29, 1.82) is 0 Å². The Morgan fingerprint density at radius 1 is 0.962 bits per heavy atom. The molecule has 0 unspecified atom stereocenters. The SMILES string of the molecule is Cc1cccc(N2CCN(CCC(=O)Nc3c(C)cccc3C)CC2)c1. The summed E-state index contributed by atoms with van der Waals surface area (Å²) in [5.41, 5.74) is 5.79. The Balaban J connectivity index is 1.46. The van der Waals surface area contributed by atoms with E-state index in [0.29, 0.717) is 6.42 Å². The van der Waals surface area contributed by atoms with Gasteiger partial charge in [0.2, 0.25) is 5.91 Å². The van der Waals surface area contributed by atoms with Gasteiger partial charge in [0.15, 0.2) is 0 Å². The number of nitrogens with one attached hydrogen (secondary N) is 1. The molecule has 2 aromatic rings. The third-order valence-corrected chi connectivity index (χ3v) is 5.14. The quantitative estimate of drug-likeness (QED) is 0.891. The van der Waals surface area contributed by atoms with E-state index in [1.165, 1.54) is 11.3 Å². The Morgan fingerprint density at radius 2 is 1.62 bits per heavy atom. The van der Waals surface area contributed by atoms with Crippen LogP contribution >= 0.6 is 0 Å². The fraction of sp³-hybridized carbons (Fsp3) is 0.409. The van der Waals surface area contributed by atoms with Crippen molar-refractivity contribution in [3.63, 3.8) is 0 Å². The average molecular weight is 351 g/mol. The molecule has 4 heteroatoms. The summed E-state index contributed by atoms with van der Waals surface area (Å²) in [6, 6.07) is 14.8. The van der Waals surface area contributed by atoms with Crippen LogP contribution in [0.25, 0.3) is 0 Å². The van der Waals surface area contributed by atoms with E-state index in [1.807, 2.05) is 32.0 Å². The number of nitrogens with zero attached hydrogens (tertiary/aromatic N) is 2. The van der Waals surface area contributed by atoms with Gasteiger partial charge in [0, 0.05) is 50.5 Å². The molecule has 0 aliphatic carbocycles. The van der Waals surface area contributed by atoms with Gasteiger partial charge in [0.1, 0.15) is 0 Å². The maximum absolute atomic E-state index is 12.3. The molecule has 1 heterocycles. The van der Waals surface area contributed by atoms with Gasteiger partial charge in [-0.1, -0.05) is 30.3 Å². The van der Waals surface area contributed by atoms with E-state index in [1.54, 1.807) is 0 Å². The minimum absolute atomic E-state index is 0.100. The van der Waals surface area contributed by atoms with Crippen molar-refractivity contribution in [3.8, 4) is 0 Å². The summed E-state index contributed by atoms with van der Waals surface area (Å²) in [6.07, 6.45) is 0.540. The minimum atomic E-state index is 0.100. The Hall–Kier alpha value is -2.33. The molecule has 1 aliphatic heterocycles. The first-order chi connectivity index (χ1) is 12.5.